The minimum Gasteiger partial charge on any atom is -0.466 e. The first-order valence-corrected chi connectivity index (χ1v) is 11.0. The van der Waals surface area contributed by atoms with E-state index in [9.17, 15) is 14.4 Å². The largest absolute Gasteiger partial charge is 0.466 e. The molecular weight excluding hydrogens is 417 g/mol. The first-order chi connectivity index (χ1) is 15.3. The second kappa shape index (κ2) is 8.90. The molecule has 8 nitrogen and oxygen atoms in total. The highest BCUT2D eigenvalue weighted by Gasteiger charge is 2.30. The summed E-state index contributed by atoms with van der Waals surface area (Å²) in [6.45, 7) is 7.56. The molecule has 172 valence electrons. The average Bonchev–Trinajstić information content (AvgIpc) is 3.64. The number of carbonyl (C=O) groups is 2. The van der Waals surface area contributed by atoms with Crippen LogP contribution in [0.2, 0.25) is 0 Å². The van der Waals surface area contributed by atoms with Gasteiger partial charge < -0.3 is 23.8 Å². The summed E-state index contributed by atoms with van der Waals surface area (Å²) in [6, 6.07) is 3.08. The molecule has 9 heteroatoms. The lowest BCUT2D eigenvalue weighted by atomic mass is 10.1. The van der Waals surface area contributed by atoms with Gasteiger partial charge in [-0.3, -0.25) is 4.79 Å². The van der Waals surface area contributed by atoms with Crippen LogP contribution in [-0.2, 0) is 14.3 Å². The van der Waals surface area contributed by atoms with Crippen LogP contribution in [0.4, 0.5) is 10.1 Å². The minimum absolute atomic E-state index is 0.130. The summed E-state index contributed by atoms with van der Waals surface area (Å²) in [5, 5.41) is 0.130. The number of halogens is 1. The Balaban J connectivity index is 1.74. The number of pyridine rings is 1. The van der Waals surface area contributed by atoms with Gasteiger partial charge in [-0.15, -0.1) is 0 Å². The second-order valence-corrected chi connectivity index (χ2v) is 8.32. The van der Waals surface area contributed by atoms with Gasteiger partial charge in [-0.05, 0) is 38.4 Å². The molecular formula is C23H28FN3O5. The molecule has 1 aliphatic carbocycles. The number of carbonyl (C=O) groups excluding carboxylic acids is 2. The number of esters is 2. The van der Waals surface area contributed by atoms with Crippen LogP contribution in [0.15, 0.2) is 23.1 Å². The number of benzene rings is 1. The molecule has 0 bridgehead atoms. The quantitative estimate of drug-likeness (QED) is 0.632. The molecule has 0 amide bonds. The molecule has 2 aliphatic rings. The van der Waals surface area contributed by atoms with Gasteiger partial charge in [0.05, 0.1) is 18.3 Å². The maximum absolute atomic E-state index is 15.1. The zero-order chi connectivity index (χ0) is 23.0. The highest BCUT2D eigenvalue weighted by Crippen LogP contribution is 2.38. The highest BCUT2D eigenvalue weighted by atomic mass is 19.1. The van der Waals surface area contributed by atoms with Crippen LogP contribution in [0.3, 0.4) is 0 Å². The number of likely N-dealkylation sites (N-methyl/N-ethyl adjacent to an activating group) is 1. The van der Waals surface area contributed by atoms with E-state index in [1.165, 1.54) is 26.3 Å². The molecule has 0 radical (unpaired) electrons. The SMILES string of the molecule is CCN1CCN(c2cc3c(cc2F)c(=O)c(C(=O)OC(C)C(=O)OC)cn3C2CC2)CC1. The predicted octanol–water partition coefficient (Wildman–Crippen LogP) is 2.34. The van der Waals surface area contributed by atoms with E-state index < -0.39 is 29.3 Å². The highest BCUT2D eigenvalue weighted by molar-refractivity contribution is 5.95. The van der Waals surface area contributed by atoms with Crippen LogP contribution in [0.5, 0.6) is 0 Å². The fourth-order valence-electron chi connectivity index (χ4n) is 4.14. The Morgan fingerprint density at radius 2 is 1.88 bits per heavy atom. The Labute approximate surface area is 185 Å². The number of piperazine rings is 1. The van der Waals surface area contributed by atoms with Crippen molar-refractivity contribution in [1.29, 1.82) is 0 Å². The minimum atomic E-state index is -1.15. The summed E-state index contributed by atoms with van der Waals surface area (Å²) in [6.07, 6.45) is 2.14. The molecule has 2 fully saturated rings. The lowest BCUT2D eigenvalue weighted by molar-refractivity contribution is -0.149. The number of ether oxygens (including phenoxy) is 2. The summed E-state index contributed by atoms with van der Waals surface area (Å²) in [5.74, 6) is -2.14. The molecule has 1 saturated carbocycles. The molecule has 1 unspecified atom stereocenters. The number of methoxy groups -OCH3 is 1. The summed E-state index contributed by atoms with van der Waals surface area (Å²) in [5.41, 5.74) is 0.241. The Morgan fingerprint density at radius 1 is 1.19 bits per heavy atom. The van der Waals surface area contributed by atoms with Gasteiger partial charge in [0.2, 0.25) is 5.43 Å². The van der Waals surface area contributed by atoms with Crippen LogP contribution in [-0.4, -0.2) is 67.3 Å². The number of anilines is 1. The van der Waals surface area contributed by atoms with E-state index in [0.29, 0.717) is 24.3 Å². The second-order valence-electron chi connectivity index (χ2n) is 8.32. The third-order valence-electron chi connectivity index (χ3n) is 6.24. The summed E-state index contributed by atoms with van der Waals surface area (Å²) in [7, 11) is 1.19. The first-order valence-electron chi connectivity index (χ1n) is 11.0. The van der Waals surface area contributed by atoms with Crippen LogP contribution >= 0.6 is 0 Å². The topological polar surface area (TPSA) is 81.1 Å². The molecule has 1 aliphatic heterocycles. The number of fused-ring (bicyclic) bond motifs is 1. The Hall–Kier alpha value is -2.94. The number of hydrogen-bond acceptors (Lipinski definition) is 7. The predicted molar refractivity (Wildman–Crippen MR) is 118 cm³/mol. The Morgan fingerprint density at radius 3 is 2.47 bits per heavy atom. The van der Waals surface area contributed by atoms with Gasteiger partial charge >= 0.3 is 11.9 Å². The van der Waals surface area contributed by atoms with Crippen LogP contribution in [0.25, 0.3) is 10.9 Å². The Bertz CT molecular complexity index is 1100. The lowest BCUT2D eigenvalue weighted by Gasteiger charge is -2.35. The maximum Gasteiger partial charge on any atom is 0.346 e. The molecule has 0 spiro atoms. The van der Waals surface area contributed by atoms with E-state index in [-0.39, 0.29) is 17.0 Å². The van der Waals surface area contributed by atoms with Crippen molar-refractivity contribution in [3.05, 3.63) is 39.9 Å². The van der Waals surface area contributed by atoms with Crippen molar-refractivity contribution >= 4 is 28.5 Å². The molecule has 4 rings (SSSR count). The van der Waals surface area contributed by atoms with Crippen LogP contribution < -0.4 is 10.3 Å². The third kappa shape index (κ3) is 4.21. The first kappa shape index (κ1) is 22.3. The molecule has 1 saturated heterocycles. The van der Waals surface area contributed by atoms with E-state index >= 15 is 4.39 Å². The van der Waals surface area contributed by atoms with Crippen molar-refractivity contribution in [2.75, 3.05) is 44.7 Å². The number of aromatic nitrogens is 1. The molecule has 1 aromatic carbocycles. The maximum atomic E-state index is 15.1. The number of hydrogen-bond donors (Lipinski definition) is 0. The number of nitrogens with zero attached hydrogens (tertiary/aromatic N) is 3. The Kier molecular flexibility index (Phi) is 6.19. The zero-order valence-corrected chi connectivity index (χ0v) is 18.6. The lowest BCUT2D eigenvalue weighted by Crippen LogP contribution is -2.46. The standard InChI is InChI=1S/C23H28FN3O5/c1-4-25-7-9-26(10-8-25)20-12-19-16(11-18(20)24)21(28)17(13-27(19)15-5-6-15)23(30)32-14(2)22(29)31-3/h11-15H,4-10H2,1-3H3. The van der Waals surface area contributed by atoms with Gasteiger partial charge in [-0.1, -0.05) is 6.92 Å². The normalized spacial score (nSPS) is 17.9. The van der Waals surface area contributed by atoms with Crippen molar-refractivity contribution in [1.82, 2.24) is 9.47 Å². The summed E-state index contributed by atoms with van der Waals surface area (Å²) < 4.78 is 26.7. The van der Waals surface area contributed by atoms with Crippen molar-refractivity contribution in [2.45, 2.75) is 38.8 Å². The van der Waals surface area contributed by atoms with Gasteiger partial charge in [0.1, 0.15) is 11.4 Å². The van der Waals surface area contributed by atoms with Gasteiger partial charge in [0.15, 0.2) is 6.10 Å². The van der Waals surface area contributed by atoms with Gasteiger partial charge in [0, 0.05) is 43.8 Å². The van der Waals surface area contributed by atoms with Crippen LogP contribution in [0.1, 0.15) is 43.1 Å². The smallest absolute Gasteiger partial charge is 0.346 e. The molecule has 2 aromatic rings. The molecule has 2 heterocycles. The zero-order valence-electron chi connectivity index (χ0n) is 18.6. The van der Waals surface area contributed by atoms with Crippen molar-refractivity contribution in [3.63, 3.8) is 0 Å². The van der Waals surface area contributed by atoms with Gasteiger partial charge in [-0.25, -0.2) is 14.0 Å². The van der Waals surface area contributed by atoms with Crippen molar-refractivity contribution < 1.29 is 23.5 Å². The molecule has 1 atom stereocenters. The molecule has 32 heavy (non-hydrogen) atoms. The fraction of sp³-hybridized carbons (Fsp3) is 0.522. The summed E-state index contributed by atoms with van der Waals surface area (Å²) >= 11 is 0. The molecule has 0 N–H and O–H groups in total. The van der Waals surface area contributed by atoms with Crippen molar-refractivity contribution in [2.24, 2.45) is 0 Å². The van der Waals surface area contributed by atoms with Gasteiger partial charge in [-0.2, -0.15) is 0 Å². The van der Waals surface area contributed by atoms with E-state index in [4.69, 9.17) is 4.74 Å². The monoisotopic (exact) mass is 445 g/mol. The summed E-state index contributed by atoms with van der Waals surface area (Å²) in [4.78, 5) is 41.6. The fourth-order valence-corrected chi connectivity index (χ4v) is 4.14. The van der Waals surface area contributed by atoms with E-state index in [0.717, 1.165) is 32.5 Å². The van der Waals surface area contributed by atoms with E-state index in [1.54, 1.807) is 6.07 Å². The van der Waals surface area contributed by atoms with Crippen LogP contribution in [0, 0.1) is 5.82 Å². The molecule has 1 aromatic heterocycles. The number of rotatable bonds is 6. The van der Waals surface area contributed by atoms with Crippen molar-refractivity contribution in [3.8, 4) is 0 Å². The third-order valence-corrected chi connectivity index (χ3v) is 6.24. The average molecular weight is 445 g/mol. The van der Waals surface area contributed by atoms with E-state index in [1.807, 2.05) is 9.47 Å². The van der Waals surface area contributed by atoms with E-state index in [2.05, 4.69) is 16.6 Å². The van der Waals surface area contributed by atoms with Gasteiger partial charge in [0.25, 0.3) is 0 Å².